The number of anilines is 3. The Bertz CT molecular complexity index is 642. The second-order valence-electron chi connectivity index (χ2n) is 4.05. The van der Waals surface area contributed by atoms with Crippen molar-refractivity contribution in [2.75, 3.05) is 11.1 Å². The number of nitrogens with two attached hydrogens (primary N) is 1. The molecule has 0 fully saturated rings. The van der Waals surface area contributed by atoms with Gasteiger partial charge in [-0.25, -0.2) is 0 Å². The lowest BCUT2D eigenvalue weighted by Crippen LogP contribution is -2.09. The molecule has 0 heterocycles. The van der Waals surface area contributed by atoms with Crippen LogP contribution >= 0.6 is 31.9 Å². The average Bonchev–Trinajstić information content (AvgIpc) is 2.35. The molecule has 106 valence electrons. The largest absolute Gasteiger partial charge is 0.418 e. The highest BCUT2D eigenvalue weighted by atomic mass is 79.9. The summed E-state index contributed by atoms with van der Waals surface area (Å²) < 4.78 is 39.9. The first-order valence-electron chi connectivity index (χ1n) is 5.46. The molecule has 0 unspecified atom stereocenters. The van der Waals surface area contributed by atoms with Crippen molar-refractivity contribution in [3.8, 4) is 0 Å². The van der Waals surface area contributed by atoms with E-state index in [0.717, 1.165) is 15.0 Å². The first-order valence-corrected chi connectivity index (χ1v) is 7.05. The second-order valence-corrected chi connectivity index (χ2v) is 5.82. The quantitative estimate of drug-likeness (QED) is 0.637. The van der Waals surface area contributed by atoms with Crippen molar-refractivity contribution in [1.29, 1.82) is 0 Å². The number of hydrogen-bond donors (Lipinski definition) is 2. The standard InChI is InChI=1S/C13H9Br2F3N2/c14-7-1-3-10(15)12(5-7)20-8-2-4-11(19)9(6-8)13(16,17)18/h1-6,20H,19H2. The number of rotatable bonds is 2. The highest BCUT2D eigenvalue weighted by molar-refractivity contribution is 9.11. The van der Waals surface area contributed by atoms with Gasteiger partial charge in [-0.1, -0.05) is 15.9 Å². The van der Waals surface area contributed by atoms with Gasteiger partial charge in [-0.05, 0) is 52.3 Å². The molecule has 0 aliphatic carbocycles. The summed E-state index contributed by atoms with van der Waals surface area (Å²) >= 11 is 6.64. The summed E-state index contributed by atoms with van der Waals surface area (Å²) in [6, 6.07) is 9.08. The van der Waals surface area contributed by atoms with Crippen LogP contribution in [-0.2, 0) is 6.18 Å². The van der Waals surface area contributed by atoms with Crippen LogP contribution in [0.3, 0.4) is 0 Å². The van der Waals surface area contributed by atoms with Crippen molar-refractivity contribution in [2.45, 2.75) is 6.18 Å². The Balaban J connectivity index is 2.37. The summed E-state index contributed by atoms with van der Waals surface area (Å²) in [5.41, 5.74) is 5.17. The maximum atomic E-state index is 12.8. The zero-order valence-corrected chi connectivity index (χ0v) is 13.1. The van der Waals surface area contributed by atoms with Crippen molar-refractivity contribution in [1.82, 2.24) is 0 Å². The molecule has 0 saturated carbocycles. The molecule has 0 spiro atoms. The lowest BCUT2D eigenvalue weighted by Gasteiger charge is -2.14. The molecule has 0 atom stereocenters. The summed E-state index contributed by atoms with van der Waals surface area (Å²) in [6.07, 6.45) is -4.48. The number of alkyl halides is 3. The molecule has 7 heteroatoms. The Kier molecular flexibility index (Phi) is 4.29. The highest BCUT2D eigenvalue weighted by Crippen LogP contribution is 2.36. The molecule has 0 aliphatic heterocycles. The first kappa shape index (κ1) is 15.2. The minimum absolute atomic E-state index is 0.295. The van der Waals surface area contributed by atoms with Gasteiger partial charge in [-0.15, -0.1) is 0 Å². The van der Waals surface area contributed by atoms with Gasteiger partial charge in [-0.2, -0.15) is 13.2 Å². The summed E-state index contributed by atoms with van der Waals surface area (Å²) in [7, 11) is 0. The van der Waals surface area contributed by atoms with Gasteiger partial charge in [0.25, 0.3) is 0 Å². The van der Waals surface area contributed by atoms with Crippen LogP contribution in [0.2, 0.25) is 0 Å². The smallest absolute Gasteiger partial charge is 0.398 e. The van der Waals surface area contributed by atoms with Crippen LogP contribution in [0.1, 0.15) is 5.56 Å². The van der Waals surface area contributed by atoms with E-state index in [2.05, 4.69) is 37.2 Å². The molecule has 0 radical (unpaired) electrons. The number of nitrogen functional groups attached to an aromatic ring is 1. The third-order valence-electron chi connectivity index (χ3n) is 2.57. The van der Waals surface area contributed by atoms with E-state index in [1.165, 1.54) is 12.1 Å². The minimum Gasteiger partial charge on any atom is -0.398 e. The van der Waals surface area contributed by atoms with Crippen molar-refractivity contribution in [2.24, 2.45) is 0 Å². The van der Waals surface area contributed by atoms with Gasteiger partial charge in [0.2, 0.25) is 0 Å². The van der Waals surface area contributed by atoms with Crippen LogP contribution < -0.4 is 11.1 Å². The predicted octanol–water partition coefficient (Wildman–Crippen LogP) is 5.56. The minimum atomic E-state index is -4.48. The third kappa shape index (κ3) is 3.46. The van der Waals surface area contributed by atoms with Crippen molar-refractivity contribution >= 4 is 48.9 Å². The summed E-state index contributed by atoms with van der Waals surface area (Å²) in [6.45, 7) is 0. The number of benzene rings is 2. The van der Waals surface area contributed by atoms with Crippen LogP contribution in [0.15, 0.2) is 45.3 Å². The molecule has 2 aromatic rings. The number of halogens is 5. The Morgan fingerprint density at radius 2 is 1.70 bits per heavy atom. The van der Waals surface area contributed by atoms with Gasteiger partial charge in [-0.3, -0.25) is 0 Å². The zero-order valence-electron chi connectivity index (χ0n) is 9.93. The molecule has 2 aromatic carbocycles. The summed E-state index contributed by atoms with van der Waals surface area (Å²) in [5, 5.41) is 2.92. The maximum absolute atomic E-state index is 12.8. The molecule has 2 rings (SSSR count). The molecular weight excluding hydrogens is 401 g/mol. The maximum Gasteiger partial charge on any atom is 0.418 e. The van der Waals surface area contributed by atoms with Crippen LogP contribution in [0.25, 0.3) is 0 Å². The molecule has 3 N–H and O–H groups in total. The number of hydrogen-bond acceptors (Lipinski definition) is 2. The molecule has 0 amide bonds. The first-order chi connectivity index (χ1) is 9.27. The fraction of sp³-hybridized carbons (Fsp3) is 0.0769. The van der Waals surface area contributed by atoms with Crippen molar-refractivity contribution in [3.63, 3.8) is 0 Å². The van der Waals surface area contributed by atoms with E-state index in [1.807, 2.05) is 6.07 Å². The SMILES string of the molecule is Nc1ccc(Nc2cc(Br)ccc2Br)cc1C(F)(F)F. The zero-order chi connectivity index (χ0) is 14.9. The molecule has 20 heavy (non-hydrogen) atoms. The summed E-state index contributed by atoms with van der Waals surface area (Å²) in [4.78, 5) is 0. The van der Waals surface area contributed by atoms with Crippen LogP contribution in [0, 0.1) is 0 Å². The fourth-order valence-corrected chi connectivity index (χ4v) is 2.34. The third-order valence-corrected chi connectivity index (χ3v) is 3.75. The lowest BCUT2D eigenvalue weighted by atomic mass is 10.1. The molecule has 0 bridgehead atoms. The van der Waals surface area contributed by atoms with Gasteiger partial charge in [0.05, 0.1) is 11.3 Å². The van der Waals surface area contributed by atoms with Gasteiger partial charge in [0, 0.05) is 20.3 Å². The highest BCUT2D eigenvalue weighted by Gasteiger charge is 2.33. The molecular formula is C13H9Br2F3N2. The normalized spacial score (nSPS) is 11.4. The predicted molar refractivity (Wildman–Crippen MR) is 81.0 cm³/mol. The van der Waals surface area contributed by atoms with Gasteiger partial charge < -0.3 is 11.1 Å². The number of nitrogens with one attached hydrogen (secondary N) is 1. The average molecular weight is 410 g/mol. The Morgan fingerprint density at radius 3 is 2.35 bits per heavy atom. The van der Waals surface area contributed by atoms with Crippen LogP contribution in [0.4, 0.5) is 30.2 Å². The Labute approximate surface area is 130 Å². The van der Waals surface area contributed by atoms with Gasteiger partial charge in [0.15, 0.2) is 0 Å². The fourth-order valence-electron chi connectivity index (χ4n) is 1.63. The van der Waals surface area contributed by atoms with E-state index in [-0.39, 0.29) is 5.69 Å². The van der Waals surface area contributed by atoms with Crippen LogP contribution in [-0.4, -0.2) is 0 Å². The van der Waals surface area contributed by atoms with E-state index in [1.54, 1.807) is 12.1 Å². The topological polar surface area (TPSA) is 38.0 Å². The van der Waals surface area contributed by atoms with E-state index in [4.69, 9.17) is 5.73 Å². The molecule has 0 saturated heterocycles. The molecule has 0 aromatic heterocycles. The lowest BCUT2D eigenvalue weighted by molar-refractivity contribution is -0.136. The summed E-state index contributed by atoms with van der Waals surface area (Å²) in [5.74, 6) is 0. The van der Waals surface area contributed by atoms with Gasteiger partial charge in [0.1, 0.15) is 0 Å². The molecule has 0 aliphatic rings. The second kappa shape index (κ2) is 5.65. The monoisotopic (exact) mass is 408 g/mol. The Morgan fingerprint density at radius 1 is 1.00 bits per heavy atom. The Hall–Kier alpha value is -1.21. The van der Waals surface area contributed by atoms with E-state index in [9.17, 15) is 13.2 Å². The van der Waals surface area contributed by atoms with E-state index < -0.39 is 11.7 Å². The van der Waals surface area contributed by atoms with E-state index >= 15 is 0 Å². The van der Waals surface area contributed by atoms with Gasteiger partial charge >= 0.3 is 6.18 Å². The van der Waals surface area contributed by atoms with E-state index in [0.29, 0.717) is 11.4 Å². The van der Waals surface area contributed by atoms with Crippen LogP contribution in [0.5, 0.6) is 0 Å². The van der Waals surface area contributed by atoms with Crippen molar-refractivity contribution in [3.05, 3.63) is 50.9 Å². The molecule has 2 nitrogen and oxygen atoms in total. The van der Waals surface area contributed by atoms with Crippen molar-refractivity contribution < 1.29 is 13.2 Å².